The topological polar surface area (TPSA) is 57.7 Å². The third-order valence-corrected chi connectivity index (χ3v) is 5.01. The highest BCUT2D eigenvalue weighted by molar-refractivity contribution is 6.04. The minimum absolute atomic E-state index is 0.333. The highest BCUT2D eigenvalue weighted by atomic mass is 16.5. The number of benzene rings is 1. The van der Waals surface area contributed by atoms with Crippen LogP contribution < -0.4 is 5.32 Å². The first kappa shape index (κ1) is 18.6. The van der Waals surface area contributed by atoms with Gasteiger partial charge in [-0.05, 0) is 27.0 Å². The average molecular weight is 356 g/mol. The van der Waals surface area contributed by atoms with Crippen LogP contribution in [-0.4, -0.2) is 73.2 Å². The fourth-order valence-electron chi connectivity index (χ4n) is 3.34. The monoisotopic (exact) mass is 356 g/mol. The van der Waals surface area contributed by atoms with Gasteiger partial charge in [0, 0.05) is 50.3 Å². The number of piperazine rings is 1. The molecule has 1 N–H and O–H groups in total. The first-order valence-corrected chi connectivity index (χ1v) is 9.31. The van der Waals surface area contributed by atoms with Crippen LogP contribution in [0.3, 0.4) is 0 Å². The molecule has 140 valence electrons. The molecule has 0 bridgehead atoms. The molecule has 1 aliphatic rings. The molecular weight excluding hydrogens is 328 g/mol. The predicted molar refractivity (Wildman–Crippen MR) is 105 cm³/mol. The van der Waals surface area contributed by atoms with E-state index in [1.165, 1.54) is 0 Å². The zero-order valence-corrected chi connectivity index (χ0v) is 15.9. The maximum Gasteiger partial charge on any atom is 0.341 e. The number of pyridine rings is 1. The molecule has 1 unspecified atom stereocenters. The van der Waals surface area contributed by atoms with Crippen LogP contribution in [0.5, 0.6) is 0 Å². The zero-order valence-electron chi connectivity index (χ0n) is 15.9. The van der Waals surface area contributed by atoms with E-state index in [4.69, 9.17) is 4.74 Å². The minimum atomic E-state index is -0.333. The number of aromatic nitrogens is 1. The number of carbonyl (C=O) groups excluding carboxylic acids is 1. The number of fused-ring (bicyclic) bond motifs is 1. The van der Waals surface area contributed by atoms with Crippen LogP contribution in [0.25, 0.3) is 10.9 Å². The summed E-state index contributed by atoms with van der Waals surface area (Å²) in [5, 5.41) is 4.46. The van der Waals surface area contributed by atoms with Crippen molar-refractivity contribution in [2.45, 2.75) is 19.9 Å². The molecule has 1 saturated heterocycles. The number of hydrogen-bond donors (Lipinski definition) is 1. The molecule has 1 atom stereocenters. The standard InChI is InChI=1S/C20H28N4O2/c1-4-26-20(25)17-14-21-18-8-6-5-7-16(18)19(17)22-13-15(2)24-11-9-23(3)10-12-24/h5-8,14-15H,4,9-13H2,1-3H3,(H,21,22). The summed E-state index contributed by atoms with van der Waals surface area (Å²) in [4.78, 5) is 21.6. The van der Waals surface area contributed by atoms with E-state index in [9.17, 15) is 4.79 Å². The van der Waals surface area contributed by atoms with Gasteiger partial charge < -0.3 is 15.0 Å². The van der Waals surface area contributed by atoms with Gasteiger partial charge >= 0.3 is 5.97 Å². The molecule has 6 heteroatoms. The number of ether oxygens (including phenoxy) is 1. The lowest BCUT2D eigenvalue weighted by Gasteiger charge is -2.36. The Balaban J connectivity index is 1.80. The van der Waals surface area contributed by atoms with Gasteiger partial charge in [-0.2, -0.15) is 0 Å². The summed E-state index contributed by atoms with van der Waals surface area (Å²) < 4.78 is 5.22. The first-order chi connectivity index (χ1) is 12.6. The second-order valence-corrected chi connectivity index (χ2v) is 6.85. The summed E-state index contributed by atoms with van der Waals surface area (Å²) >= 11 is 0. The Morgan fingerprint density at radius 3 is 2.73 bits per heavy atom. The van der Waals surface area contributed by atoms with E-state index in [0.717, 1.165) is 49.3 Å². The summed E-state index contributed by atoms with van der Waals surface area (Å²) in [7, 11) is 2.16. The number of hydrogen-bond acceptors (Lipinski definition) is 6. The Labute approximate surface area is 155 Å². The normalized spacial score (nSPS) is 17.2. The molecule has 0 amide bonds. The van der Waals surface area contributed by atoms with Gasteiger partial charge in [0.25, 0.3) is 0 Å². The van der Waals surface area contributed by atoms with Crippen molar-refractivity contribution in [1.82, 2.24) is 14.8 Å². The minimum Gasteiger partial charge on any atom is -0.462 e. The molecule has 0 spiro atoms. The number of carbonyl (C=O) groups is 1. The van der Waals surface area contributed by atoms with Crippen molar-refractivity contribution in [3.63, 3.8) is 0 Å². The maximum atomic E-state index is 12.4. The first-order valence-electron chi connectivity index (χ1n) is 9.31. The van der Waals surface area contributed by atoms with Gasteiger partial charge in [0.15, 0.2) is 0 Å². The van der Waals surface area contributed by atoms with Gasteiger partial charge in [-0.15, -0.1) is 0 Å². The SMILES string of the molecule is CCOC(=O)c1cnc2ccccc2c1NCC(C)N1CCN(C)CC1. The molecule has 1 aromatic heterocycles. The molecule has 3 rings (SSSR count). The molecule has 1 aromatic carbocycles. The van der Waals surface area contributed by atoms with Crippen LogP contribution in [0, 0.1) is 0 Å². The fraction of sp³-hybridized carbons (Fsp3) is 0.500. The summed E-state index contributed by atoms with van der Waals surface area (Å²) in [6, 6.07) is 8.25. The van der Waals surface area contributed by atoms with E-state index < -0.39 is 0 Å². The van der Waals surface area contributed by atoms with Gasteiger partial charge in [-0.3, -0.25) is 9.88 Å². The second-order valence-electron chi connectivity index (χ2n) is 6.85. The lowest BCUT2D eigenvalue weighted by molar-refractivity contribution is 0.0527. The largest absolute Gasteiger partial charge is 0.462 e. The van der Waals surface area contributed by atoms with Crippen LogP contribution in [0.2, 0.25) is 0 Å². The number of nitrogens with one attached hydrogen (secondary N) is 1. The second kappa shape index (κ2) is 8.47. The molecule has 1 fully saturated rings. The van der Waals surface area contributed by atoms with Crippen molar-refractivity contribution in [2.24, 2.45) is 0 Å². The number of rotatable bonds is 6. The summed E-state index contributed by atoms with van der Waals surface area (Å²) in [6.07, 6.45) is 1.61. The molecular formula is C20H28N4O2. The molecule has 2 aromatic rings. The van der Waals surface area contributed by atoms with Crippen LogP contribution in [0.15, 0.2) is 30.5 Å². The van der Waals surface area contributed by atoms with E-state index in [-0.39, 0.29) is 5.97 Å². The quantitative estimate of drug-likeness (QED) is 0.803. The van der Waals surface area contributed by atoms with Crippen LogP contribution in [-0.2, 0) is 4.74 Å². The Hall–Kier alpha value is -2.18. The smallest absolute Gasteiger partial charge is 0.341 e. The Morgan fingerprint density at radius 1 is 1.27 bits per heavy atom. The molecule has 26 heavy (non-hydrogen) atoms. The lowest BCUT2D eigenvalue weighted by atomic mass is 10.1. The molecule has 0 saturated carbocycles. The lowest BCUT2D eigenvalue weighted by Crippen LogP contribution is -2.49. The average Bonchev–Trinajstić information content (AvgIpc) is 2.66. The molecule has 0 aliphatic carbocycles. The molecule has 0 radical (unpaired) electrons. The van der Waals surface area contributed by atoms with Crippen LogP contribution >= 0.6 is 0 Å². The van der Waals surface area contributed by atoms with Crippen molar-refractivity contribution in [1.29, 1.82) is 0 Å². The predicted octanol–water partition coefficient (Wildman–Crippen LogP) is 2.46. The Kier molecular flexibility index (Phi) is 6.06. The number of nitrogens with zero attached hydrogens (tertiary/aromatic N) is 3. The number of esters is 1. The van der Waals surface area contributed by atoms with Gasteiger partial charge in [0.2, 0.25) is 0 Å². The zero-order chi connectivity index (χ0) is 18.5. The van der Waals surface area contributed by atoms with Gasteiger partial charge in [0.05, 0.1) is 17.8 Å². The van der Waals surface area contributed by atoms with E-state index in [2.05, 4.69) is 34.1 Å². The Bertz CT molecular complexity index is 757. The van der Waals surface area contributed by atoms with Crippen molar-refractivity contribution < 1.29 is 9.53 Å². The third kappa shape index (κ3) is 4.14. The van der Waals surface area contributed by atoms with Crippen LogP contribution in [0.1, 0.15) is 24.2 Å². The van der Waals surface area contributed by atoms with Crippen molar-refractivity contribution in [2.75, 3.05) is 51.7 Å². The van der Waals surface area contributed by atoms with Crippen molar-refractivity contribution >= 4 is 22.6 Å². The van der Waals surface area contributed by atoms with E-state index in [1.807, 2.05) is 31.2 Å². The molecule has 1 aliphatic heterocycles. The fourth-order valence-corrected chi connectivity index (χ4v) is 3.34. The van der Waals surface area contributed by atoms with E-state index in [0.29, 0.717) is 18.2 Å². The molecule has 2 heterocycles. The summed E-state index contributed by atoms with van der Waals surface area (Å²) in [5.74, 6) is -0.333. The number of para-hydroxylation sites is 1. The van der Waals surface area contributed by atoms with Gasteiger partial charge in [0.1, 0.15) is 5.56 Å². The van der Waals surface area contributed by atoms with Crippen LogP contribution in [0.4, 0.5) is 5.69 Å². The van der Waals surface area contributed by atoms with Gasteiger partial charge in [-0.1, -0.05) is 18.2 Å². The molecule has 6 nitrogen and oxygen atoms in total. The maximum absolute atomic E-state index is 12.4. The number of anilines is 1. The van der Waals surface area contributed by atoms with Crippen molar-refractivity contribution in [3.8, 4) is 0 Å². The number of likely N-dealkylation sites (N-methyl/N-ethyl adjacent to an activating group) is 1. The summed E-state index contributed by atoms with van der Waals surface area (Å²) in [5.41, 5.74) is 2.18. The van der Waals surface area contributed by atoms with E-state index >= 15 is 0 Å². The van der Waals surface area contributed by atoms with E-state index in [1.54, 1.807) is 6.20 Å². The highest BCUT2D eigenvalue weighted by Crippen LogP contribution is 2.26. The van der Waals surface area contributed by atoms with Gasteiger partial charge in [-0.25, -0.2) is 4.79 Å². The Morgan fingerprint density at radius 2 is 2.00 bits per heavy atom. The highest BCUT2D eigenvalue weighted by Gasteiger charge is 2.21. The van der Waals surface area contributed by atoms with Crippen molar-refractivity contribution in [3.05, 3.63) is 36.0 Å². The summed E-state index contributed by atoms with van der Waals surface area (Å²) in [6.45, 7) is 9.49. The third-order valence-electron chi connectivity index (χ3n) is 5.01.